The molecule has 0 amide bonds. The molecule has 7 heteroatoms. The maximum atomic E-state index is 9.97. The van der Waals surface area contributed by atoms with Crippen molar-refractivity contribution in [1.29, 1.82) is 0 Å². The highest BCUT2D eigenvalue weighted by Gasteiger charge is 2.51. The Bertz CT molecular complexity index is 328. The summed E-state index contributed by atoms with van der Waals surface area (Å²) in [6.45, 7) is 2.74. The Kier molecular flexibility index (Phi) is 4.50. The van der Waals surface area contributed by atoms with E-state index in [-0.39, 0.29) is 6.04 Å². The highest BCUT2D eigenvalue weighted by molar-refractivity contribution is 8.14. The summed E-state index contributed by atoms with van der Waals surface area (Å²) in [6, 6.07) is -0.385. The van der Waals surface area contributed by atoms with Gasteiger partial charge >= 0.3 is 0 Å². The Morgan fingerprint density at radius 1 is 1.22 bits per heavy atom. The highest BCUT2D eigenvalue weighted by atomic mass is 32.2. The van der Waals surface area contributed by atoms with Crippen molar-refractivity contribution in [1.82, 2.24) is 4.90 Å². The Morgan fingerprint density at radius 2 is 1.94 bits per heavy atom. The van der Waals surface area contributed by atoms with Crippen molar-refractivity contribution in [2.75, 3.05) is 12.3 Å². The number of aliphatic imine (C=N–C) groups is 1. The van der Waals surface area contributed by atoms with E-state index < -0.39 is 24.5 Å². The van der Waals surface area contributed by atoms with Crippen LogP contribution in [0.2, 0.25) is 0 Å². The van der Waals surface area contributed by atoms with Crippen LogP contribution in [0.5, 0.6) is 0 Å². The van der Waals surface area contributed by atoms with Crippen molar-refractivity contribution in [3.8, 4) is 0 Å². The number of hydrogen-bond acceptors (Lipinski definition) is 6. The molecule has 0 aromatic carbocycles. The summed E-state index contributed by atoms with van der Waals surface area (Å²) < 4.78 is 0. The van der Waals surface area contributed by atoms with E-state index in [1.54, 1.807) is 0 Å². The number of unbranched alkanes of at least 4 members (excludes halogenated alkanes) is 1. The largest absolute Gasteiger partial charge is 0.388 e. The first kappa shape index (κ1) is 14.1. The van der Waals surface area contributed by atoms with Crippen LogP contribution in [0, 0.1) is 0 Å². The average Bonchev–Trinajstić information content (AvgIpc) is 2.78. The molecule has 0 aromatic heterocycles. The summed E-state index contributed by atoms with van der Waals surface area (Å²) >= 11 is 1.44. The molecule has 0 aromatic rings. The van der Waals surface area contributed by atoms with Crippen molar-refractivity contribution >= 4 is 16.9 Å². The summed E-state index contributed by atoms with van der Waals surface area (Å²) in [5.74, 6) is 0.562. The maximum absolute atomic E-state index is 9.97. The fourth-order valence-electron chi connectivity index (χ4n) is 2.26. The van der Waals surface area contributed by atoms with Crippen molar-refractivity contribution in [2.24, 2.45) is 4.99 Å². The van der Waals surface area contributed by atoms with Gasteiger partial charge in [0.2, 0.25) is 0 Å². The number of hydrogen-bond donors (Lipinski definition) is 4. The van der Waals surface area contributed by atoms with Gasteiger partial charge in [0.15, 0.2) is 11.4 Å². The first-order valence-electron chi connectivity index (χ1n) is 6.25. The van der Waals surface area contributed by atoms with E-state index in [1.165, 1.54) is 16.7 Å². The van der Waals surface area contributed by atoms with Gasteiger partial charge in [-0.1, -0.05) is 25.1 Å². The third-order valence-corrected chi connectivity index (χ3v) is 4.51. The van der Waals surface area contributed by atoms with Gasteiger partial charge < -0.3 is 25.3 Å². The van der Waals surface area contributed by atoms with Gasteiger partial charge in [-0.25, -0.2) is 0 Å². The molecule has 0 bridgehead atoms. The summed E-state index contributed by atoms with van der Waals surface area (Å²) in [5.41, 5.74) is 0. The number of nitrogens with zero attached hydrogens (tertiary/aromatic N) is 2. The summed E-state index contributed by atoms with van der Waals surface area (Å²) in [4.78, 5) is 5.91. The third-order valence-electron chi connectivity index (χ3n) is 3.40. The normalized spacial score (nSPS) is 42.4. The lowest BCUT2D eigenvalue weighted by Crippen LogP contribution is -2.65. The molecule has 104 valence electrons. The minimum atomic E-state index is -1.37. The van der Waals surface area contributed by atoms with E-state index in [1.807, 2.05) is 0 Å². The number of piperidine rings is 1. The van der Waals surface area contributed by atoms with Crippen molar-refractivity contribution in [3.05, 3.63) is 0 Å². The molecule has 2 fully saturated rings. The molecular weight excluding hydrogens is 256 g/mol. The molecule has 2 aliphatic heterocycles. The van der Waals surface area contributed by atoms with E-state index in [9.17, 15) is 20.4 Å². The predicted octanol–water partition coefficient (Wildman–Crippen LogP) is -1.03. The van der Waals surface area contributed by atoms with Gasteiger partial charge in [-0.05, 0) is 6.42 Å². The first-order chi connectivity index (χ1) is 8.57. The van der Waals surface area contributed by atoms with Crippen LogP contribution in [0.25, 0.3) is 0 Å². The van der Waals surface area contributed by atoms with Crippen LogP contribution in [0.3, 0.4) is 0 Å². The third kappa shape index (κ3) is 2.37. The SMILES string of the molecule is CCCCN=C1SC[C@@H]2[C@@H](O)[C@H](O)[C@@H](O)[C@@H](O)N12. The lowest BCUT2D eigenvalue weighted by Gasteiger charge is -2.44. The second-order valence-corrected chi connectivity index (χ2v) is 5.68. The Labute approximate surface area is 110 Å². The maximum Gasteiger partial charge on any atom is 0.161 e. The zero-order chi connectivity index (χ0) is 13.3. The lowest BCUT2D eigenvalue weighted by atomic mass is 9.94. The minimum absolute atomic E-state index is 0.385. The molecular formula is C11H20N2O4S. The Balaban J connectivity index is 2.13. The quantitative estimate of drug-likeness (QED) is 0.493. The van der Waals surface area contributed by atoms with Crippen LogP contribution in [0.1, 0.15) is 19.8 Å². The molecule has 4 N–H and O–H groups in total. The molecule has 0 aliphatic carbocycles. The topological polar surface area (TPSA) is 96.5 Å². The van der Waals surface area contributed by atoms with Crippen LogP contribution >= 0.6 is 11.8 Å². The molecule has 2 saturated heterocycles. The molecule has 2 aliphatic rings. The van der Waals surface area contributed by atoms with E-state index in [0.717, 1.165) is 12.8 Å². The van der Waals surface area contributed by atoms with Gasteiger partial charge in [-0.2, -0.15) is 0 Å². The van der Waals surface area contributed by atoms with Crippen LogP contribution in [-0.2, 0) is 0 Å². The van der Waals surface area contributed by atoms with E-state index >= 15 is 0 Å². The molecule has 2 heterocycles. The second kappa shape index (κ2) is 5.75. The standard InChI is InChI=1S/C11H20N2O4S/c1-2-3-4-12-11-13-6(5-18-11)7(14)8(15)9(16)10(13)17/h6-10,14-17H,2-5H2,1H3/t6-,7-,8+,9-,10-/m1/s1. The lowest BCUT2D eigenvalue weighted by molar-refractivity contribution is -0.190. The van der Waals surface area contributed by atoms with Gasteiger partial charge in [0.1, 0.15) is 18.3 Å². The molecule has 18 heavy (non-hydrogen) atoms. The van der Waals surface area contributed by atoms with Crippen molar-refractivity contribution in [2.45, 2.75) is 50.3 Å². The van der Waals surface area contributed by atoms with Crippen LogP contribution < -0.4 is 0 Å². The number of fused-ring (bicyclic) bond motifs is 1. The molecule has 6 nitrogen and oxygen atoms in total. The van der Waals surface area contributed by atoms with Gasteiger partial charge in [-0.15, -0.1) is 0 Å². The fourth-order valence-corrected chi connectivity index (χ4v) is 3.51. The zero-order valence-electron chi connectivity index (χ0n) is 10.3. The number of aliphatic hydroxyl groups excluding tert-OH is 4. The monoisotopic (exact) mass is 276 g/mol. The van der Waals surface area contributed by atoms with E-state index in [0.29, 0.717) is 17.5 Å². The van der Waals surface area contributed by atoms with Crippen LogP contribution in [0.4, 0.5) is 0 Å². The number of rotatable bonds is 3. The number of aliphatic hydroxyl groups is 4. The number of thioether (sulfide) groups is 1. The smallest absolute Gasteiger partial charge is 0.161 e. The Hall–Kier alpha value is -0.340. The van der Waals surface area contributed by atoms with Crippen LogP contribution in [-0.4, -0.2) is 73.4 Å². The van der Waals surface area contributed by atoms with Gasteiger partial charge in [0, 0.05) is 12.3 Å². The molecule has 0 saturated carbocycles. The van der Waals surface area contributed by atoms with Gasteiger partial charge in [0.05, 0.1) is 6.04 Å². The predicted molar refractivity (Wildman–Crippen MR) is 69.3 cm³/mol. The van der Waals surface area contributed by atoms with Crippen LogP contribution in [0.15, 0.2) is 4.99 Å². The van der Waals surface area contributed by atoms with Crippen molar-refractivity contribution in [3.63, 3.8) is 0 Å². The zero-order valence-corrected chi connectivity index (χ0v) is 11.1. The van der Waals surface area contributed by atoms with E-state index in [4.69, 9.17) is 0 Å². The van der Waals surface area contributed by atoms with Gasteiger partial charge in [0.25, 0.3) is 0 Å². The first-order valence-corrected chi connectivity index (χ1v) is 7.24. The molecule has 0 unspecified atom stereocenters. The fraction of sp³-hybridized carbons (Fsp3) is 0.909. The van der Waals surface area contributed by atoms with Gasteiger partial charge in [-0.3, -0.25) is 4.99 Å². The van der Waals surface area contributed by atoms with E-state index in [2.05, 4.69) is 11.9 Å². The second-order valence-electron chi connectivity index (χ2n) is 4.69. The number of amidine groups is 1. The Morgan fingerprint density at radius 3 is 2.61 bits per heavy atom. The molecule has 2 rings (SSSR count). The summed E-state index contributed by atoms with van der Waals surface area (Å²) in [6.07, 6.45) is -2.94. The average molecular weight is 276 g/mol. The molecule has 5 atom stereocenters. The summed E-state index contributed by atoms with van der Waals surface area (Å²) in [5, 5.41) is 39.8. The molecule has 0 spiro atoms. The molecule has 0 radical (unpaired) electrons. The highest BCUT2D eigenvalue weighted by Crippen LogP contribution is 2.34. The summed E-state index contributed by atoms with van der Waals surface area (Å²) in [7, 11) is 0. The van der Waals surface area contributed by atoms with Crippen molar-refractivity contribution < 1.29 is 20.4 Å². The minimum Gasteiger partial charge on any atom is -0.388 e.